The zero-order chi connectivity index (χ0) is 13.9. The highest BCUT2D eigenvalue weighted by molar-refractivity contribution is 7.89. The third-order valence-corrected chi connectivity index (χ3v) is 6.35. The molecule has 2 aliphatic rings. The van der Waals surface area contributed by atoms with Crippen molar-refractivity contribution in [3.63, 3.8) is 0 Å². The zero-order valence-corrected chi connectivity index (χ0v) is 13.0. The van der Waals surface area contributed by atoms with Gasteiger partial charge >= 0.3 is 0 Å². The molecule has 2 aliphatic heterocycles. The van der Waals surface area contributed by atoms with Crippen molar-refractivity contribution in [3.8, 4) is 0 Å². The molecule has 0 aromatic carbocycles. The van der Waals surface area contributed by atoms with Gasteiger partial charge in [0, 0.05) is 25.2 Å². The Kier molecular flexibility index (Phi) is 5.22. The summed E-state index contributed by atoms with van der Waals surface area (Å²) in [6.45, 7) is 2.32. The maximum Gasteiger partial charge on any atom is 0.215 e. The molecule has 2 saturated heterocycles. The average Bonchev–Trinajstić information content (AvgIpc) is 2.39. The van der Waals surface area contributed by atoms with Gasteiger partial charge in [0.2, 0.25) is 10.0 Å². The number of rotatable bonds is 4. The van der Waals surface area contributed by atoms with E-state index in [1.165, 1.54) is 6.42 Å². The number of sulfonamides is 1. The summed E-state index contributed by atoms with van der Waals surface area (Å²) in [7, 11) is 1.06. The number of nitrogens with zero attached hydrogens (tertiary/aromatic N) is 2. The van der Waals surface area contributed by atoms with E-state index in [1.54, 1.807) is 4.31 Å². The smallest absolute Gasteiger partial charge is 0.215 e. The van der Waals surface area contributed by atoms with E-state index in [9.17, 15) is 8.42 Å². The molecule has 0 aliphatic carbocycles. The fourth-order valence-corrected chi connectivity index (χ4v) is 4.83. The van der Waals surface area contributed by atoms with Gasteiger partial charge in [-0.15, -0.1) is 0 Å². The van der Waals surface area contributed by atoms with Gasteiger partial charge in [-0.2, -0.15) is 0 Å². The van der Waals surface area contributed by atoms with Gasteiger partial charge < -0.3 is 10.2 Å². The minimum absolute atomic E-state index is 0.158. The van der Waals surface area contributed by atoms with Gasteiger partial charge in [0.1, 0.15) is 0 Å². The molecule has 2 rings (SSSR count). The molecule has 6 heteroatoms. The Morgan fingerprint density at radius 1 is 1.16 bits per heavy atom. The van der Waals surface area contributed by atoms with E-state index in [0.717, 1.165) is 32.2 Å². The van der Waals surface area contributed by atoms with Crippen molar-refractivity contribution >= 4 is 10.0 Å². The molecule has 19 heavy (non-hydrogen) atoms. The van der Waals surface area contributed by atoms with E-state index in [4.69, 9.17) is 0 Å². The molecule has 1 N–H and O–H groups in total. The van der Waals surface area contributed by atoms with Crippen molar-refractivity contribution in [2.24, 2.45) is 0 Å². The Balaban J connectivity index is 1.86. The lowest BCUT2D eigenvalue weighted by Gasteiger charge is -2.35. The first-order valence-electron chi connectivity index (χ1n) is 7.36. The van der Waals surface area contributed by atoms with Gasteiger partial charge in [-0.05, 0) is 46.3 Å². The van der Waals surface area contributed by atoms with Crippen molar-refractivity contribution in [1.29, 1.82) is 0 Å². The number of hydrogen-bond donors (Lipinski definition) is 1. The molecule has 0 aromatic heterocycles. The van der Waals surface area contributed by atoms with Crippen LogP contribution in [0.4, 0.5) is 0 Å². The third-order valence-electron chi connectivity index (χ3n) is 4.37. The molecule has 1 unspecified atom stereocenters. The lowest BCUT2D eigenvalue weighted by Crippen LogP contribution is -2.48. The first-order valence-corrected chi connectivity index (χ1v) is 8.97. The van der Waals surface area contributed by atoms with Crippen LogP contribution in [-0.2, 0) is 10.0 Å². The first-order chi connectivity index (χ1) is 8.99. The van der Waals surface area contributed by atoms with Crippen molar-refractivity contribution in [3.05, 3.63) is 0 Å². The third kappa shape index (κ3) is 4.15. The normalized spacial score (nSPS) is 27.8. The second-order valence-electron chi connectivity index (χ2n) is 6.02. The molecule has 1 atom stereocenters. The SMILES string of the molecule is CN(C)C1CCN(S(=O)(=O)CC2CCCCN2)CC1. The molecule has 2 heterocycles. The Bertz CT molecular complexity index is 369. The van der Waals surface area contributed by atoms with E-state index >= 15 is 0 Å². The van der Waals surface area contributed by atoms with Gasteiger partial charge in [0.25, 0.3) is 0 Å². The lowest BCUT2D eigenvalue weighted by molar-refractivity contribution is 0.196. The second-order valence-corrected chi connectivity index (χ2v) is 8.03. The summed E-state index contributed by atoms with van der Waals surface area (Å²) in [5.41, 5.74) is 0. The van der Waals surface area contributed by atoms with E-state index in [1.807, 2.05) is 0 Å². The van der Waals surface area contributed by atoms with Gasteiger partial charge in [-0.1, -0.05) is 6.42 Å². The summed E-state index contributed by atoms with van der Waals surface area (Å²) in [5, 5.41) is 3.33. The summed E-state index contributed by atoms with van der Waals surface area (Å²) in [6.07, 6.45) is 5.21. The van der Waals surface area contributed by atoms with Gasteiger partial charge in [0.05, 0.1) is 5.75 Å². The van der Waals surface area contributed by atoms with Crippen LogP contribution in [0.25, 0.3) is 0 Å². The number of hydrogen-bond acceptors (Lipinski definition) is 4. The predicted molar refractivity (Wildman–Crippen MR) is 77.7 cm³/mol. The first kappa shape index (κ1) is 15.2. The molecule has 112 valence electrons. The van der Waals surface area contributed by atoms with E-state index < -0.39 is 10.0 Å². The summed E-state index contributed by atoms with van der Waals surface area (Å²) < 4.78 is 26.5. The van der Waals surface area contributed by atoms with E-state index in [-0.39, 0.29) is 11.8 Å². The maximum atomic E-state index is 12.4. The van der Waals surface area contributed by atoms with Crippen molar-refractivity contribution < 1.29 is 8.42 Å². The maximum absolute atomic E-state index is 12.4. The molecule has 0 radical (unpaired) electrons. The van der Waals surface area contributed by atoms with Crippen LogP contribution in [0.1, 0.15) is 32.1 Å². The molecule has 0 aromatic rings. The predicted octanol–water partition coefficient (Wildman–Crippen LogP) is 0.484. The molecular weight excluding hydrogens is 262 g/mol. The Morgan fingerprint density at radius 2 is 1.84 bits per heavy atom. The Hall–Kier alpha value is -0.170. The van der Waals surface area contributed by atoms with Gasteiger partial charge in [-0.25, -0.2) is 12.7 Å². The number of piperidine rings is 2. The van der Waals surface area contributed by atoms with Crippen LogP contribution in [0.3, 0.4) is 0 Å². The monoisotopic (exact) mass is 289 g/mol. The molecule has 0 amide bonds. The summed E-state index contributed by atoms with van der Waals surface area (Å²) >= 11 is 0. The minimum atomic E-state index is -3.08. The zero-order valence-electron chi connectivity index (χ0n) is 12.1. The van der Waals surface area contributed by atoms with Gasteiger partial charge in [-0.3, -0.25) is 0 Å². The van der Waals surface area contributed by atoms with Crippen LogP contribution in [-0.4, -0.2) is 69.2 Å². The largest absolute Gasteiger partial charge is 0.313 e. The molecule has 0 bridgehead atoms. The highest BCUT2D eigenvalue weighted by Crippen LogP contribution is 2.19. The van der Waals surface area contributed by atoms with Crippen LogP contribution >= 0.6 is 0 Å². The molecule has 0 saturated carbocycles. The molecule has 2 fully saturated rings. The lowest BCUT2D eigenvalue weighted by atomic mass is 10.1. The fourth-order valence-electron chi connectivity index (χ4n) is 3.06. The van der Waals surface area contributed by atoms with Crippen LogP contribution in [0, 0.1) is 0 Å². The van der Waals surface area contributed by atoms with Crippen molar-refractivity contribution in [2.75, 3.05) is 39.5 Å². The van der Waals surface area contributed by atoms with E-state index in [2.05, 4.69) is 24.3 Å². The Morgan fingerprint density at radius 3 is 2.37 bits per heavy atom. The van der Waals surface area contributed by atoms with Crippen molar-refractivity contribution in [2.45, 2.75) is 44.2 Å². The standard InChI is InChI=1S/C13H27N3O2S/c1-15(2)13-6-9-16(10-7-13)19(17,18)11-12-5-3-4-8-14-12/h12-14H,3-11H2,1-2H3. The summed E-state index contributed by atoms with van der Waals surface area (Å²) in [5.74, 6) is 0.277. The minimum Gasteiger partial charge on any atom is -0.313 e. The Labute approximate surface area is 117 Å². The average molecular weight is 289 g/mol. The summed E-state index contributed by atoms with van der Waals surface area (Å²) in [4.78, 5) is 2.20. The molecular formula is C13H27N3O2S. The van der Waals surface area contributed by atoms with Crippen LogP contribution in [0.15, 0.2) is 0 Å². The molecule has 0 spiro atoms. The van der Waals surface area contributed by atoms with Gasteiger partial charge in [0.15, 0.2) is 0 Å². The highest BCUT2D eigenvalue weighted by Gasteiger charge is 2.31. The quantitative estimate of drug-likeness (QED) is 0.818. The van der Waals surface area contributed by atoms with Crippen LogP contribution < -0.4 is 5.32 Å². The number of nitrogens with one attached hydrogen (secondary N) is 1. The van der Waals surface area contributed by atoms with Crippen LogP contribution in [0.2, 0.25) is 0 Å². The van der Waals surface area contributed by atoms with Crippen LogP contribution in [0.5, 0.6) is 0 Å². The fraction of sp³-hybridized carbons (Fsp3) is 1.00. The molecule has 5 nitrogen and oxygen atoms in total. The van der Waals surface area contributed by atoms with Crippen molar-refractivity contribution in [1.82, 2.24) is 14.5 Å². The highest BCUT2D eigenvalue weighted by atomic mass is 32.2. The second kappa shape index (κ2) is 6.52. The topological polar surface area (TPSA) is 52.7 Å². The van der Waals surface area contributed by atoms with E-state index in [0.29, 0.717) is 19.1 Å². The summed E-state index contributed by atoms with van der Waals surface area (Å²) in [6, 6.07) is 0.685.